The van der Waals surface area contributed by atoms with Crippen LogP contribution in [0.15, 0.2) is 66.9 Å². The second-order valence-corrected chi connectivity index (χ2v) is 11.3. The number of anilines is 3. The summed E-state index contributed by atoms with van der Waals surface area (Å²) in [5.74, 6) is 1.03. The van der Waals surface area contributed by atoms with Gasteiger partial charge in [-0.05, 0) is 78.9 Å². The third-order valence-electron chi connectivity index (χ3n) is 8.71. The Labute approximate surface area is 228 Å². The van der Waals surface area contributed by atoms with Crippen LogP contribution in [0.1, 0.15) is 37.7 Å². The number of fused-ring (bicyclic) bond motifs is 2. The molecule has 2 saturated heterocycles. The van der Waals surface area contributed by atoms with E-state index in [4.69, 9.17) is 4.98 Å². The van der Waals surface area contributed by atoms with Gasteiger partial charge >= 0.3 is 6.18 Å². The molecule has 1 N–H and O–H groups in total. The monoisotopic (exact) mass is 535 g/mol. The molecule has 2 aliphatic heterocycles. The van der Waals surface area contributed by atoms with Gasteiger partial charge in [-0.2, -0.15) is 13.2 Å². The van der Waals surface area contributed by atoms with Crippen molar-refractivity contribution in [3.05, 3.63) is 72.4 Å². The van der Waals surface area contributed by atoms with Gasteiger partial charge < -0.3 is 20.0 Å². The molecule has 0 spiro atoms. The second-order valence-electron chi connectivity index (χ2n) is 11.3. The Kier molecular flexibility index (Phi) is 6.91. The molecule has 0 amide bonds. The van der Waals surface area contributed by atoms with Crippen molar-refractivity contribution in [2.24, 2.45) is 0 Å². The van der Waals surface area contributed by atoms with Crippen molar-refractivity contribution in [3.63, 3.8) is 0 Å². The molecule has 8 heteroatoms. The van der Waals surface area contributed by atoms with Crippen LogP contribution < -0.4 is 20.0 Å². The summed E-state index contributed by atoms with van der Waals surface area (Å²) in [4.78, 5) is 11.8. The Hall–Kier alpha value is -3.26. The minimum Gasteiger partial charge on any atom is -0.378 e. The molecule has 3 heterocycles. The van der Waals surface area contributed by atoms with Crippen LogP contribution in [-0.2, 0) is 6.18 Å². The van der Waals surface area contributed by atoms with Crippen LogP contribution in [0.4, 0.5) is 30.4 Å². The fourth-order valence-corrected chi connectivity index (χ4v) is 6.73. The fourth-order valence-electron chi connectivity index (χ4n) is 6.73. The van der Waals surface area contributed by atoms with Gasteiger partial charge in [0.2, 0.25) is 0 Å². The zero-order valence-electron chi connectivity index (χ0n) is 22.5. The summed E-state index contributed by atoms with van der Waals surface area (Å²) in [5, 5.41) is 3.96. The van der Waals surface area contributed by atoms with Gasteiger partial charge in [0, 0.05) is 68.9 Å². The van der Waals surface area contributed by atoms with E-state index >= 15 is 0 Å². The highest BCUT2D eigenvalue weighted by molar-refractivity contribution is 5.71. The highest BCUT2D eigenvalue weighted by Crippen LogP contribution is 2.38. The molecule has 5 nitrogen and oxygen atoms in total. The van der Waals surface area contributed by atoms with E-state index in [1.807, 2.05) is 6.20 Å². The first-order valence-corrected chi connectivity index (χ1v) is 14.0. The molecule has 2 aromatic carbocycles. The number of halogens is 3. The quantitative estimate of drug-likeness (QED) is 0.430. The smallest absolute Gasteiger partial charge is 0.378 e. The lowest BCUT2D eigenvalue weighted by Gasteiger charge is -2.56. The van der Waals surface area contributed by atoms with E-state index in [0.717, 1.165) is 55.1 Å². The average molecular weight is 536 g/mol. The van der Waals surface area contributed by atoms with E-state index in [1.165, 1.54) is 30.5 Å². The highest BCUT2D eigenvalue weighted by atomic mass is 19.4. The molecule has 1 saturated carbocycles. The summed E-state index contributed by atoms with van der Waals surface area (Å²) in [6.45, 7) is 1.56. The number of benzene rings is 2. The van der Waals surface area contributed by atoms with Crippen LogP contribution >= 0.6 is 0 Å². The number of pyridine rings is 1. The summed E-state index contributed by atoms with van der Waals surface area (Å²) < 4.78 is 39.3. The molecule has 3 aliphatic rings. The van der Waals surface area contributed by atoms with Crippen LogP contribution in [0.3, 0.4) is 0 Å². The SMILES string of the molecule is CN(C)c1cccc(-c2ccnc(N3C4CCN(c5ccc(C(F)(F)F)cc5)CC4N[C@@H]4CCCC[C@H]43)c2)c1. The van der Waals surface area contributed by atoms with Crippen molar-refractivity contribution < 1.29 is 13.2 Å². The van der Waals surface area contributed by atoms with Gasteiger partial charge in [0.15, 0.2) is 0 Å². The number of alkyl halides is 3. The van der Waals surface area contributed by atoms with Crippen LogP contribution in [0.5, 0.6) is 0 Å². The molecule has 1 aliphatic carbocycles. The maximum absolute atomic E-state index is 13.1. The number of hydrogen-bond acceptors (Lipinski definition) is 5. The molecular weight excluding hydrogens is 499 g/mol. The number of piperidine rings is 1. The summed E-state index contributed by atoms with van der Waals surface area (Å²) in [6.07, 6.45) is 3.25. The van der Waals surface area contributed by atoms with Gasteiger partial charge in [0.1, 0.15) is 5.82 Å². The first-order valence-electron chi connectivity index (χ1n) is 14.0. The molecule has 3 fully saturated rings. The highest BCUT2D eigenvalue weighted by Gasteiger charge is 2.46. The number of rotatable bonds is 4. The Morgan fingerprint density at radius 3 is 2.38 bits per heavy atom. The minimum atomic E-state index is -4.32. The standard InChI is InChI=1S/C31H36F3N5/c1-37(2)25-7-5-6-21(18-25)22-14-16-35-30(19-22)39-28-9-4-3-8-26(28)36-27-20-38(17-15-29(27)39)24-12-10-23(11-13-24)31(32,33)34/h5-7,10-14,16,18-19,26-29,36H,3-4,8-9,15,17,20H2,1-2H3/t26-,27?,28-,29?/m1/s1. The van der Waals surface area contributed by atoms with Crippen LogP contribution in [-0.4, -0.2) is 56.3 Å². The zero-order chi connectivity index (χ0) is 27.1. The summed E-state index contributed by atoms with van der Waals surface area (Å²) in [5.41, 5.74) is 3.75. The molecule has 2 unspecified atom stereocenters. The van der Waals surface area contributed by atoms with Gasteiger partial charge in [-0.15, -0.1) is 0 Å². The molecule has 1 aromatic heterocycles. The predicted octanol–water partition coefficient (Wildman–Crippen LogP) is 6.20. The lowest BCUT2D eigenvalue weighted by atomic mass is 9.81. The maximum Gasteiger partial charge on any atom is 0.416 e. The van der Waals surface area contributed by atoms with E-state index in [1.54, 1.807) is 12.1 Å². The Balaban J connectivity index is 1.28. The van der Waals surface area contributed by atoms with Gasteiger partial charge in [-0.3, -0.25) is 0 Å². The van der Waals surface area contributed by atoms with Crippen LogP contribution in [0.25, 0.3) is 11.1 Å². The lowest BCUT2D eigenvalue weighted by molar-refractivity contribution is -0.137. The van der Waals surface area contributed by atoms with Crippen LogP contribution in [0.2, 0.25) is 0 Å². The van der Waals surface area contributed by atoms with Gasteiger partial charge in [-0.25, -0.2) is 4.98 Å². The Bertz CT molecular complexity index is 1290. The third kappa shape index (κ3) is 5.19. The van der Waals surface area contributed by atoms with E-state index in [-0.39, 0.29) is 12.1 Å². The third-order valence-corrected chi connectivity index (χ3v) is 8.71. The largest absolute Gasteiger partial charge is 0.416 e. The summed E-state index contributed by atoms with van der Waals surface area (Å²) in [7, 11) is 4.11. The molecule has 3 aromatic rings. The Morgan fingerprint density at radius 1 is 0.872 bits per heavy atom. The molecule has 6 rings (SSSR count). The Morgan fingerprint density at radius 2 is 1.62 bits per heavy atom. The van der Waals surface area contributed by atoms with E-state index in [9.17, 15) is 13.2 Å². The van der Waals surface area contributed by atoms with Crippen molar-refractivity contribution in [1.82, 2.24) is 10.3 Å². The molecule has 4 atom stereocenters. The maximum atomic E-state index is 13.1. The zero-order valence-corrected chi connectivity index (χ0v) is 22.5. The van der Waals surface area contributed by atoms with E-state index in [2.05, 4.69) is 70.5 Å². The lowest BCUT2D eigenvalue weighted by Crippen LogP contribution is -2.72. The second kappa shape index (κ2) is 10.4. The van der Waals surface area contributed by atoms with Gasteiger partial charge in [-0.1, -0.05) is 25.0 Å². The van der Waals surface area contributed by atoms with Crippen molar-refractivity contribution in [2.75, 3.05) is 41.9 Å². The number of hydrogen-bond donors (Lipinski definition) is 1. The first kappa shape index (κ1) is 26.0. The van der Waals surface area contributed by atoms with E-state index < -0.39 is 11.7 Å². The topological polar surface area (TPSA) is 34.6 Å². The van der Waals surface area contributed by atoms with Crippen molar-refractivity contribution >= 4 is 17.2 Å². The van der Waals surface area contributed by atoms with Crippen molar-refractivity contribution in [3.8, 4) is 11.1 Å². The van der Waals surface area contributed by atoms with Crippen LogP contribution in [0, 0.1) is 0 Å². The summed E-state index contributed by atoms with van der Waals surface area (Å²) in [6, 6.07) is 19.8. The number of piperazine rings is 1. The number of nitrogens with zero attached hydrogens (tertiary/aromatic N) is 4. The van der Waals surface area contributed by atoms with Gasteiger partial charge in [0.05, 0.1) is 5.56 Å². The number of aromatic nitrogens is 1. The molecule has 39 heavy (non-hydrogen) atoms. The molecule has 206 valence electrons. The predicted molar refractivity (Wildman–Crippen MR) is 152 cm³/mol. The molecule has 0 bridgehead atoms. The number of nitrogens with one attached hydrogen (secondary N) is 1. The fraction of sp³-hybridized carbons (Fsp3) is 0.452. The van der Waals surface area contributed by atoms with Crippen molar-refractivity contribution in [2.45, 2.75) is 62.4 Å². The first-order chi connectivity index (χ1) is 18.8. The molecular formula is C31H36F3N5. The van der Waals surface area contributed by atoms with Gasteiger partial charge in [0.25, 0.3) is 0 Å². The average Bonchev–Trinajstić information content (AvgIpc) is 2.95. The van der Waals surface area contributed by atoms with Crippen molar-refractivity contribution in [1.29, 1.82) is 0 Å². The minimum absolute atomic E-state index is 0.211. The normalized spacial score (nSPS) is 25.2. The molecule has 0 radical (unpaired) electrons. The summed E-state index contributed by atoms with van der Waals surface area (Å²) >= 11 is 0. The van der Waals surface area contributed by atoms with E-state index in [0.29, 0.717) is 12.1 Å².